The first kappa shape index (κ1) is 15.6. The van der Waals surface area contributed by atoms with Gasteiger partial charge in [0, 0.05) is 18.2 Å². The summed E-state index contributed by atoms with van der Waals surface area (Å²) in [5, 5.41) is 4.13. The minimum atomic E-state index is -1.18. The van der Waals surface area contributed by atoms with Crippen LogP contribution in [0.2, 0.25) is 0 Å². The van der Waals surface area contributed by atoms with Gasteiger partial charge >= 0.3 is 11.8 Å². The van der Waals surface area contributed by atoms with E-state index in [0.717, 1.165) is 18.2 Å². The Morgan fingerprint density at radius 2 is 1.64 bits per heavy atom. The Balaban J connectivity index is 1.97. The lowest BCUT2D eigenvalue weighted by Crippen LogP contribution is -2.35. The van der Waals surface area contributed by atoms with E-state index >= 15 is 0 Å². The van der Waals surface area contributed by atoms with E-state index in [1.54, 1.807) is 6.07 Å². The van der Waals surface area contributed by atoms with Gasteiger partial charge in [0.05, 0.1) is 5.69 Å². The molecule has 0 aliphatic heterocycles. The molecule has 0 spiro atoms. The fourth-order valence-corrected chi connectivity index (χ4v) is 1.67. The molecule has 0 heterocycles. The van der Waals surface area contributed by atoms with Crippen LogP contribution in [0, 0.1) is 17.5 Å². The molecule has 7 heteroatoms. The molecule has 0 fully saturated rings. The molecule has 2 N–H and O–H groups in total. The van der Waals surface area contributed by atoms with Crippen LogP contribution >= 0.6 is 0 Å². The average molecular weight is 308 g/mol. The van der Waals surface area contributed by atoms with Crippen LogP contribution in [0.25, 0.3) is 0 Å². The van der Waals surface area contributed by atoms with Gasteiger partial charge < -0.3 is 10.6 Å². The van der Waals surface area contributed by atoms with Gasteiger partial charge in [-0.2, -0.15) is 0 Å². The Hall–Kier alpha value is -2.83. The van der Waals surface area contributed by atoms with E-state index in [4.69, 9.17) is 0 Å². The molecule has 4 nitrogen and oxygen atoms in total. The fraction of sp³-hybridized carbons (Fsp3) is 0.0667. The van der Waals surface area contributed by atoms with Crippen molar-refractivity contribution in [3.05, 3.63) is 65.5 Å². The summed E-state index contributed by atoms with van der Waals surface area (Å²) in [6.45, 7) is -0.204. The Morgan fingerprint density at radius 1 is 0.909 bits per heavy atom. The molecular weight excluding hydrogens is 297 g/mol. The van der Waals surface area contributed by atoms with Crippen molar-refractivity contribution < 1.29 is 22.8 Å². The Labute approximate surface area is 124 Å². The smallest absolute Gasteiger partial charge is 0.313 e. The molecule has 0 saturated heterocycles. The predicted octanol–water partition coefficient (Wildman–Crippen LogP) is 2.36. The van der Waals surface area contributed by atoms with Gasteiger partial charge in [-0.15, -0.1) is 0 Å². The van der Waals surface area contributed by atoms with Crippen LogP contribution in [0.1, 0.15) is 5.56 Å². The van der Waals surface area contributed by atoms with Gasteiger partial charge in [-0.25, -0.2) is 13.2 Å². The van der Waals surface area contributed by atoms with Crippen molar-refractivity contribution in [2.24, 2.45) is 0 Å². The highest BCUT2D eigenvalue weighted by Gasteiger charge is 2.16. The maximum atomic E-state index is 13.3. The van der Waals surface area contributed by atoms with Gasteiger partial charge in [-0.1, -0.05) is 18.2 Å². The normalized spacial score (nSPS) is 10.1. The maximum Gasteiger partial charge on any atom is 0.313 e. The molecule has 0 aliphatic rings. The largest absolute Gasteiger partial charge is 0.344 e. The second kappa shape index (κ2) is 6.75. The Morgan fingerprint density at radius 3 is 2.36 bits per heavy atom. The van der Waals surface area contributed by atoms with E-state index in [2.05, 4.69) is 5.32 Å². The summed E-state index contributed by atoms with van der Waals surface area (Å²) < 4.78 is 39.6. The van der Waals surface area contributed by atoms with Crippen molar-refractivity contribution in [1.29, 1.82) is 0 Å². The molecule has 0 aromatic heterocycles. The van der Waals surface area contributed by atoms with Gasteiger partial charge in [0.1, 0.15) is 17.5 Å². The quantitative estimate of drug-likeness (QED) is 0.855. The van der Waals surface area contributed by atoms with Gasteiger partial charge in [-0.3, -0.25) is 9.59 Å². The van der Waals surface area contributed by atoms with Crippen LogP contribution < -0.4 is 10.6 Å². The summed E-state index contributed by atoms with van der Waals surface area (Å²) in [5.74, 6) is -4.44. The first-order valence-electron chi connectivity index (χ1n) is 6.25. The number of nitrogens with one attached hydrogen (secondary N) is 2. The van der Waals surface area contributed by atoms with Crippen molar-refractivity contribution in [2.75, 3.05) is 5.32 Å². The van der Waals surface area contributed by atoms with E-state index in [-0.39, 0.29) is 12.1 Å². The zero-order valence-electron chi connectivity index (χ0n) is 11.2. The zero-order chi connectivity index (χ0) is 16.1. The van der Waals surface area contributed by atoms with Crippen LogP contribution in [-0.2, 0) is 16.1 Å². The van der Waals surface area contributed by atoms with Crippen LogP contribution in [0.3, 0.4) is 0 Å². The van der Waals surface area contributed by atoms with E-state index < -0.39 is 35.0 Å². The minimum absolute atomic E-state index is 0.195. The second-order valence-electron chi connectivity index (χ2n) is 4.35. The van der Waals surface area contributed by atoms with Gasteiger partial charge in [-0.05, 0) is 18.2 Å². The SMILES string of the molecule is O=C(NCc1ccccc1F)C(=O)Nc1cc(F)ccc1F. The van der Waals surface area contributed by atoms with E-state index in [1.807, 2.05) is 5.32 Å². The highest BCUT2D eigenvalue weighted by Crippen LogP contribution is 2.15. The highest BCUT2D eigenvalue weighted by atomic mass is 19.1. The molecule has 2 aromatic rings. The lowest BCUT2D eigenvalue weighted by atomic mass is 10.2. The number of rotatable bonds is 3. The van der Waals surface area contributed by atoms with Gasteiger partial charge in [0.2, 0.25) is 0 Å². The first-order valence-corrected chi connectivity index (χ1v) is 6.25. The molecular formula is C15H11F3N2O2. The number of halogens is 3. The number of amides is 2. The maximum absolute atomic E-state index is 13.3. The number of carbonyl (C=O) groups is 2. The molecule has 0 unspecified atom stereocenters. The summed E-state index contributed by atoms with van der Waals surface area (Å²) in [7, 11) is 0. The molecule has 2 amide bonds. The molecule has 0 aliphatic carbocycles. The van der Waals surface area contributed by atoms with Gasteiger partial charge in [0.15, 0.2) is 0 Å². The molecule has 2 rings (SSSR count). The minimum Gasteiger partial charge on any atom is -0.344 e. The van der Waals surface area contributed by atoms with E-state index in [0.29, 0.717) is 0 Å². The Bertz CT molecular complexity index is 720. The Kier molecular flexibility index (Phi) is 4.77. The zero-order valence-corrected chi connectivity index (χ0v) is 11.2. The molecule has 114 valence electrons. The van der Waals surface area contributed by atoms with Crippen LogP contribution in [0.4, 0.5) is 18.9 Å². The number of hydrogen-bond acceptors (Lipinski definition) is 2. The summed E-state index contributed by atoms with van der Waals surface area (Å²) in [5.41, 5.74) is -0.258. The fourth-order valence-electron chi connectivity index (χ4n) is 1.67. The summed E-state index contributed by atoms with van der Waals surface area (Å²) in [6, 6.07) is 8.17. The van der Waals surface area contributed by atoms with E-state index in [1.165, 1.54) is 18.2 Å². The van der Waals surface area contributed by atoms with Crippen molar-refractivity contribution >= 4 is 17.5 Å². The van der Waals surface area contributed by atoms with Crippen molar-refractivity contribution in [3.8, 4) is 0 Å². The average Bonchev–Trinajstić information content (AvgIpc) is 2.49. The van der Waals surface area contributed by atoms with Crippen LogP contribution in [0.5, 0.6) is 0 Å². The number of hydrogen-bond donors (Lipinski definition) is 2. The third kappa shape index (κ3) is 3.85. The van der Waals surface area contributed by atoms with Crippen LogP contribution in [0.15, 0.2) is 42.5 Å². The first-order chi connectivity index (χ1) is 10.5. The number of benzene rings is 2. The highest BCUT2D eigenvalue weighted by molar-refractivity contribution is 6.39. The second-order valence-corrected chi connectivity index (χ2v) is 4.35. The molecule has 2 aromatic carbocycles. The third-order valence-electron chi connectivity index (χ3n) is 2.78. The molecule has 0 saturated carbocycles. The van der Waals surface area contributed by atoms with E-state index in [9.17, 15) is 22.8 Å². The number of carbonyl (C=O) groups excluding carboxylic acids is 2. The lowest BCUT2D eigenvalue weighted by Gasteiger charge is -2.08. The van der Waals surface area contributed by atoms with Crippen molar-refractivity contribution in [3.63, 3.8) is 0 Å². The molecule has 0 radical (unpaired) electrons. The molecule has 22 heavy (non-hydrogen) atoms. The summed E-state index contributed by atoms with van der Waals surface area (Å²) in [6.07, 6.45) is 0. The molecule has 0 bridgehead atoms. The van der Waals surface area contributed by atoms with Crippen LogP contribution in [-0.4, -0.2) is 11.8 Å². The van der Waals surface area contributed by atoms with Crippen molar-refractivity contribution in [2.45, 2.75) is 6.54 Å². The standard InChI is InChI=1S/C15H11F3N2O2/c16-10-5-6-12(18)13(7-10)20-15(22)14(21)19-8-9-3-1-2-4-11(9)17/h1-7H,8H2,(H,19,21)(H,20,22). The van der Waals surface area contributed by atoms with Gasteiger partial charge in [0.25, 0.3) is 0 Å². The molecule has 0 atom stereocenters. The monoisotopic (exact) mass is 308 g/mol. The third-order valence-corrected chi connectivity index (χ3v) is 2.78. The summed E-state index contributed by atoms with van der Waals surface area (Å²) in [4.78, 5) is 23.1. The van der Waals surface area contributed by atoms with Crippen molar-refractivity contribution in [1.82, 2.24) is 5.32 Å². The topological polar surface area (TPSA) is 58.2 Å². The lowest BCUT2D eigenvalue weighted by molar-refractivity contribution is -0.136. The predicted molar refractivity (Wildman–Crippen MR) is 73.2 cm³/mol. The number of anilines is 1. The summed E-state index contributed by atoms with van der Waals surface area (Å²) >= 11 is 0.